The summed E-state index contributed by atoms with van der Waals surface area (Å²) in [5.41, 5.74) is 4.09. The van der Waals surface area contributed by atoms with Crippen molar-refractivity contribution in [2.24, 2.45) is 0 Å². The maximum absolute atomic E-state index is 11.1. The van der Waals surface area contributed by atoms with Crippen LogP contribution >= 0.6 is 11.6 Å². The van der Waals surface area contributed by atoms with Crippen molar-refractivity contribution >= 4 is 17.6 Å². The molecule has 0 radical (unpaired) electrons. The van der Waals surface area contributed by atoms with E-state index >= 15 is 0 Å². The van der Waals surface area contributed by atoms with Crippen molar-refractivity contribution in [3.63, 3.8) is 0 Å². The third kappa shape index (κ3) is 2.87. The largest absolute Gasteiger partial charge is 0.478 e. The second-order valence-corrected chi connectivity index (χ2v) is 5.35. The fourth-order valence-corrected chi connectivity index (χ4v) is 2.58. The summed E-state index contributed by atoms with van der Waals surface area (Å²) in [6.45, 7) is 0. The highest BCUT2D eigenvalue weighted by atomic mass is 35.5. The van der Waals surface area contributed by atoms with Gasteiger partial charge in [0, 0.05) is 10.6 Å². The van der Waals surface area contributed by atoms with Crippen LogP contribution in [-0.2, 0) is 0 Å². The highest BCUT2D eigenvalue weighted by molar-refractivity contribution is 6.33. The molecule has 0 amide bonds. The van der Waals surface area contributed by atoms with Crippen LogP contribution in [0.1, 0.15) is 10.4 Å². The summed E-state index contributed by atoms with van der Waals surface area (Å²) in [6.07, 6.45) is 0. The molecule has 0 unspecified atom stereocenters. The zero-order valence-electron chi connectivity index (χ0n) is 11.7. The molecule has 22 heavy (non-hydrogen) atoms. The number of hydrogen-bond donors (Lipinski definition) is 1. The van der Waals surface area contributed by atoms with E-state index in [4.69, 9.17) is 16.7 Å². The maximum atomic E-state index is 11.1. The zero-order valence-corrected chi connectivity index (χ0v) is 12.4. The molecule has 0 bridgehead atoms. The van der Waals surface area contributed by atoms with Crippen molar-refractivity contribution in [3.8, 4) is 22.3 Å². The lowest BCUT2D eigenvalue weighted by atomic mass is 9.99. The first kappa shape index (κ1) is 14.4. The van der Waals surface area contributed by atoms with E-state index in [2.05, 4.69) is 0 Å². The van der Waals surface area contributed by atoms with Gasteiger partial charge in [0.15, 0.2) is 0 Å². The van der Waals surface area contributed by atoms with Gasteiger partial charge in [0.2, 0.25) is 0 Å². The minimum Gasteiger partial charge on any atom is -0.478 e. The van der Waals surface area contributed by atoms with Crippen LogP contribution in [0.2, 0.25) is 5.02 Å². The van der Waals surface area contributed by atoms with Crippen LogP contribution in [0.15, 0.2) is 72.8 Å². The fraction of sp³-hybridized carbons (Fsp3) is 0. The molecular formula is C19H13ClO2. The minimum absolute atomic E-state index is 0.228. The number of hydrogen-bond acceptors (Lipinski definition) is 1. The van der Waals surface area contributed by atoms with Crippen molar-refractivity contribution in [3.05, 3.63) is 83.4 Å². The molecular weight excluding hydrogens is 296 g/mol. The first-order valence-electron chi connectivity index (χ1n) is 6.84. The minimum atomic E-state index is -0.959. The Morgan fingerprint density at radius 2 is 1.36 bits per heavy atom. The molecule has 0 atom stereocenters. The number of aromatic carboxylic acids is 1. The van der Waals surface area contributed by atoms with Gasteiger partial charge in [-0.3, -0.25) is 0 Å². The van der Waals surface area contributed by atoms with E-state index in [0.717, 1.165) is 22.3 Å². The molecule has 3 heteroatoms. The molecule has 3 aromatic rings. The first-order chi connectivity index (χ1) is 10.6. The smallest absolute Gasteiger partial charge is 0.335 e. The van der Waals surface area contributed by atoms with E-state index < -0.39 is 5.97 Å². The molecule has 0 aliphatic heterocycles. The van der Waals surface area contributed by atoms with Gasteiger partial charge in [-0.2, -0.15) is 0 Å². The molecule has 0 saturated heterocycles. The summed E-state index contributed by atoms with van der Waals surface area (Å²) >= 11 is 6.20. The van der Waals surface area contributed by atoms with Crippen molar-refractivity contribution in [2.45, 2.75) is 0 Å². The van der Waals surface area contributed by atoms with E-state index in [9.17, 15) is 4.79 Å². The Bertz CT molecular complexity index is 809. The second-order valence-electron chi connectivity index (χ2n) is 4.94. The van der Waals surface area contributed by atoms with Gasteiger partial charge in [-0.25, -0.2) is 4.79 Å². The highest BCUT2D eigenvalue weighted by Gasteiger charge is 2.09. The summed E-state index contributed by atoms with van der Waals surface area (Å²) < 4.78 is 0. The number of carboxylic acid groups (broad SMARTS) is 1. The van der Waals surface area contributed by atoms with Crippen molar-refractivity contribution < 1.29 is 9.90 Å². The number of halogens is 1. The van der Waals surface area contributed by atoms with Crippen LogP contribution in [0.3, 0.4) is 0 Å². The van der Waals surface area contributed by atoms with Crippen LogP contribution in [0, 0.1) is 0 Å². The normalized spacial score (nSPS) is 10.4. The third-order valence-corrected chi connectivity index (χ3v) is 3.85. The standard InChI is InChI=1S/C19H13ClO2/c20-18-11-10-16(19(21)22)12-17(18)15-8-6-14(7-9-15)13-4-2-1-3-5-13/h1-12H,(H,21,22). The summed E-state index contributed by atoms with van der Waals surface area (Å²) in [5, 5.41) is 9.64. The van der Waals surface area contributed by atoms with Crippen LogP contribution in [-0.4, -0.2) is 11.1 Å². The molecule has 0 spiro atoms. The monoisotopic (exact) mass is 308 g/mol. The maximum Gasteiger partial charge on any atom is 0.335 e. The second kappa shape index (κ2) is 6.04. The Morgan fingerprint density at radius 3 is 2.00 bits per heavy atom. The lowest BCUT2D eigenvalue weighted by molar-refractivity contribution is 0.0697. The predicted octanol–water partition coefficient (Wildman–Crippen LogP) is 5.37. The SMILES string of the molecule is O=C(O)c1ccc(Cl)c(-c2ccc(-c3ccccc3)cc2)c1. The zero-order chi connectivity index (χ0) is 15.5. The molecule has 0 saturated carbocycles. The Labute approximate surface area is 133 Å². The molecule has 0 heterocycles. The lowest BCUT2D eigenvalue weighted by Gasteiger charge is -2.08. The van der Waals surface area contributed by atoms with Crippen molar-refractivity contribution in [1.29, 1.82) is 0 Å². The van der Waals surface area contributed by atoms with Crippen LogP contribution < -0.4 is 0 Å². The number of rotatable bonds is 3. The van der Waals surface area contributed by atoms with Gasteiger partial charge in [-0.1, -0.05) is 66.2 Å². The van der Waals surface area contributed by atoms with Gasteiger partial charge in [0.1, 0.15) is 0 Å². The molecule has 1 N–H and O–H groups in total. The molecule has 3 rings (SSSR count). The van der Waals surface area contributed by atoms with E-state index in [1.807, 2.05) is 54.6 Å². The topological polar surface area (TPSA) is 37.3 Å². The molecule has 0 aliphatic carbocycles. The van der Waals surface area contributed by atoms with E-state index in [0.29, 0.717) is 5.02 Å². The Balaban J connectivity index is 2.00. The summed E-state index contributed by atoms with van der Waals surface area (Å²) in [4.78, 5) is 11.1. The summed E-state index contributed by atoms with van der Waals surface area (Å²) in [6, 6.07) is 22.7. The molecule has 3 aromatic carbocycles. The molecule has 108 valence electrons. The Kier molecular flexibility index (Phi) is 3.94. The highest BCUT2D eigenvalue weighted by Crippen LogP contribution is 2.30. The average molecular weight is 309 g/mol. The quantitative estimate of drug-likeness (QED) is 0.706. The third-order valence-electron chi connectivity index (χ3n) is 3.52. The van der Waals surface area contributed by atoms with Crippen LogP contribution in [0.4, 0.5) is 0 Å². The van der Waals surface area contributed by atoms with E-state index in [-0.39, 0.29) is 5.56 Å². The van der Waals surface area contributed by atoms with Gasteiger partial charge in [0.05, 0.1) is 5.56 Å². The molecule has 0 fully saturated rings. The van der Waals surface area contributed by atoms with E-state index in [1.165, 1.54) is 6.07 Å². The Hall–Kier alpha value is -2.58. The van der Waals surface area contributed by atoms with Crippen LogP contribution in [0.25, 0.3) is 22.3 Å². The predicted molar refractivity (Wildman–Crippen MR) is 89.3 cm³/mol. The van der Waals surface area contributed by atoms with Gasteiger partial charge in [-0.15, -0.1) is 0 Å². The Morgan fingerprint density at radius 1 is 0.773 bits per heavy atom. The first-order valence-corrected chi connectivity index (χ1v) is 7.21. The van der Waals surface area contributed by atoms with Gasteiger partial charge >= 0.3 is 5.97 Å². The van der Waals surface area contributed by atoms with E-state index in [1.54, 1.807) is 12.1 Å². The van der Waals surface area contributed by atoms with Gasteiger partial charge in [0.25, 0.3) is 0 Å². The fourth-order valence-electron chi connectivity index (χ4n) is 2.35. The number of carboxylic acids is 1. The van der Waals surface area contributed by atoms with Gasteiger partial charge < -0.3 is 5.11 Å². The van der Waals surface area contributed by atoms with Gasteiger partial charge in [-0.05, 0) is 34.9 Å². The van der Waals surface area contributed by atoms with Crippen molar-refractivity contribution in [1.82, 2.24) is 0 Å². The summed E-state index contributed by atoms with van der Waals surface area (Å²) in [5.74, 6) is -0.959. The summed E-state index contributed by atoms with van der Waals surface area (Å²) in [7, 11) is 0. The average Bonchev–Trinajstić information content (AvgIpc) is 2.56. The molecule has 2 nitrogen and oxygen atoms in total. The number of carbonyl (C=O) groups is 1. The molecule has 0 aliphatic rings. The number of benzene rings is 3. The molecule has 0 aromatic heterocycles. The van der Waals surface area contributed by atoms with Crippen LogP contribution in [0.5, 0.6) is 0 Å². The van der Waals surface area contributed by atoms with Crippen molar-refractivity contribution in [2.75, 3.05) is 0 Å². The lowest BCUT2D eigenvalue weighted by Crippen LogP contribution is -1.96.